The van der Waals surface area contributed by atoms with Crippen LogP contribution in [-0.4, -0.2) is 5.78 Å². The highest BCUT2D eigenvalue weighted by molar-refractivity contribution is 6.12. The fourth-order valence-electron chi connectivity index (χ4n) is 2.82. The lowest BCUT2D eigenvalue weighted by atomic mass is 9.99. The van der Waals surface area contributed by atoms with Crippen LogP contribution in [0.25, 0.3) is 0 Å². The van der Waals surface area contributed by atoms with E-state index < -0.39 is 11.6 Å². The third-order valence-electron chi connectivity index (χ3n) is 4.08. The maximum absolute atomic E-state index is 13.8. The topological polar surface area (TPSA) is 38.3 Å². The maximum atomic E-state index is 13.8. The number of benzene rings is 3. The van der Waals surface area contributed by atoms with Crippen molar-refractivity contribution >= 4 is 17.2 Å². The molecule has 3 aromatic rings. The zero-order valence-electron chi connectivity index (χ0n) is 13.1. The molecule has 0 aromatic heterocycles. The molecule has 1 N–H and O–H groups in total. The number of hydrogen-bond acceptors (Lipinski definition) is 3. The summed E-state index contributed by atoms with van der Waals surface area (Å²) in [5.41, 5.74) is 2.58. The van der Waals surface area contributed by atoms with Crippen molar-refractivity contribution in [2.45, 2.75) is 6.61 Å². The number of ketones is 1. The highest BCUT2D eigenvalue weighted by atomic mass is 19.1. The summed E-state index contributed by atoms with van der Waals surface area (Å²) in [5.74, 6) is -1.02. The first-order valence-electron chi connectivity index (χ1n) is 7.73. The fourth-order valence-corrected chi connectivity index (χ4v) is 2.82. The molecule has 4 rings (SSSR count). The molecule has 1 heterocycles. The van der Waals surface area contributed by atoms with Crippen molar-refractivity contribution in [3.8, 4) is 5.75 Å². The van der Waals surface area contributed by atoms with Crippen molar-refractivity contribution in [1.82, 2.24) is 0 Å². The Bertz CT molecular complexity index is 985. The molecule has 0 aliphatic carbocycles. The average molecular weight is 337 g/mol. The Morgan fingerprint density at radius 3 is 2.60 bits per heavy atom. The fraction of sp³-hybridized carbons (Fsp3) is 0.0500. The summed E-state index contributed by atoms with van der Waals surface area (Å²) < 4.78 is 32.6. The Hall–Kier alpha value is -3.21. The molecular weight excluding hydrogens is 324 g/mol. The van der Waals surface area contributed by atoms with Crippen LogP contribution in [0.2, 0.25) is 0 Å². The summed E-state index contributed by atoms with van der Waals surface area (Å²) in [6, 6.07) is 15.5. The number of fused-ring (bicyclic) bond motifs is 2. The van der Waals surface area contributed by atoms with Crippen LogP contribution in [0.15, 0.2) is 60.7 Å². The molecule has 5 heteroatoms. The number of nitrogens with one attached hydrogen (secondary N) is 1. The standard InChI is InChI=1S/C20H13F2NO2/c21-13-5-8-18(17(22)9-13)23-14-6-7-16-19(10-14)25-11-12-3-1-2-4-15(12)20(16)24/h1-10,23H,11H2. The van der Waals surface area contributed by atoms with E-state index in [1.54, 1.807) is 24.3 Å². The molecule has 3 nitrogen and oxygen atoms in total. The highest BCUT2D eigenvalue weighted by Crippen LogP contribution is 2.32. The lowest BCUT2D eigenvalue weighted by molar-refractivity contribution is 0.103. The van der Waals surface area contributed by atoms with Crippen molar-refractivity contribution in [2.75, 3.05) is 5.32 Å². The van der Waals surface area contributed by atoms with Gasteiger partial charge in [0.1, 0.15) is 24.0 Å². The van der Waals surface area contributed by atoms with E-state index in [1.807, 2.05) is 18.2 Å². The second kappa shape index (κ2) is 6.02. The van der Waals surface area contributed by atoms with Gasteiger partial charge in [0.2, 0.25) is 0 Å². The van der Waals surface area contributed by atoms with E-state index in [0.29, 0.717) is 22.6 Å². The zero-order chi connectivity index (χ0) is 17.4. The largest absolute Gasteiger partial charge is 0.488 e. The molecule has 0 bridgehead atoms. The monoisotopic (exact) mass is 337 g/mol. The van der Waals surface area contributed by atoms with Gasteiger partial charge in [0.05, 0.1) is 11.3 Å². The van der Waals surface area contributed by atoms with E-state index in [1.165, 1.54) is 12.1 Å². The van der Waals surface area contributed by atoms with E-state index in [0.717, 1.165) is 11.6 Å². The molecule has 3 aromatic carbocycles. The maximum Gasteiger partial charge on any atom is 0.197 e. The molecule has 0 atom stereocenters. The number of rotatable bonds is 2. The second-order valence-corrected chi connectivity index (χ2v) is 5.74. The lowest BCUT2D eigenvalue weighted by Gasteiger charge is -2.11. The number of halogens is 2. The summed E-state index contributed by atoms with van der Waals surface area (Å²) >= 11 is 0. The minimum atomic E-state index is -0.695. The molecule has 1 aliphatic rings. The first-order valence-corrected chi connectivity index (χ1v) is 7.73. The summed E-state index contributed by atoms with van der Waals surface area (Å²) in [7, 11) is 0. The predicted molar refractivity (Wildman–Crippen MR) is 90.3 cm³/mol. The molecule has 0 unspecified atom stereocenters. The summed E-state index contributed by atoms with van der Waals surface area (Å²) in [4.78, 5) is 12.7. The number of carbonyl (C=O) groups is 1. The van der Waals surface area contributed by atoms with Gasteiger partial charge in [-0.05, 0) is 24.3 Å². The van der Waals surface area contributed by atoms with E-state index in [9.17, 15) is 13.6 Å². The van der Waals surface area contributed by atoms with Crippen molar-refractivity contribution < 1.29 is 18.3 Å². The van der Waals surface area contributed by atoms with Crippen LogP contribution < -0.4 is 10.1 Å². The van der Waals surface area contributed by atoms with Gasteiger partial charge in [0.15, 0.2) is 5.78 Å². The van der Waals surface area contributed by atoms with Crippen LogP contribution in [0.5, 0.6) is 5.75 Å². The SMILES string of the molecule is O=C1c2ccccc2COc2cc(Nc3ccc(F)cc3F)ccc21. The Kier molecular flexibility index (Phi) is 3.69. The van der Waals surface area contributed by atoms with Crippen LogP contribution in [0.3, 0.4) is 0 Å². The van der Waals surface area contributed by atoms with Gasteiger partial charge in [-0.25, -0.2) is 8.78 Å². The molecule has 0 saturated carbocycles. The van der Waals surface area contributed by atoms with Gasteiger partial charge in [-0.3, -0.25) is 4.79 Å². The summed E-state index contributed by atoms with van der Waals surface area (Å²) in [6.07, 6.45) is 0. The second-order valence-electron chi connectivity index (χ2n) is 5.74. The van der Waals surface area contributed by atoms with Crippen LogP contribution in [0.1, 0.15) is 21.5 Å². The Balaban J connectivity index is 1.68. The third kappa shape index (κ3) is 2.85. The van der Waals surface area contributed by atoms with Gasteiger partial charge >= 0.3 is 0 Å². The smallest absolute Gasteiger partial charge is 0.197 e. The Labute approximate surface area is 142 Å². The molecule has 1 aliphatic heterocycles. The van der Waals surface area contributed by atoms with E-state index >= 15 is 0 Å². The number of anilines is 2. The molecule has 124 valence electrons. The molecule has 0 amide bonds. The third-order valence-corrected chi connectivity index (χ3v) is 4.08. The van der Waals surface area contributed by atoms with Gasteiger partial charge < -0.3 is 10.1 Å². The molecule has 0 spiro atoms. The Morgan fingerprint density at radius 1 is 0.920 bits per heavy atom. The van der Waals surface area contributed by atoms with Crippen molar-refractivity contribution in [3.63, 3.8) is 0 Å². The zero-order valence-corrected chi connectivity index (χ0v) is 13.1. The quantitative estimate of drug-likeness (QED) is 0.728. The summed E-state index contributed by atoms with van der Waals surface area (Å²) in [6.45, 7) is 0.281. The molecule has 0 fully saturated rings. The normalized spacial score (nSPS) is 12.6. The van der Waals surface area contributed by atoms with Crippen molar-refractivity contribution in [1.29, 1.82) is 0 Å². The number of carbonyl (C=O) groups excluding carboxylic acids is 1. The first-order chi connectivity index (χ1) is 12.1. The lowest BCUT2D eigenvalue weighted by Crippen LogP contribution is -2.02. The molecule has 0 radical (unpaired) electrons. The van der Waals surface area contributed by atoms with Crippen LogP contribution >= 0.6 is 0 Å². The first kappa shape index (κ1) is 15.3. The number of ether oxygens (including phenoxy) is 1. The minimum Gasteiger partial charge on any atom is -0.488 e. The van der Waals surface area contributed by atoms with E-state index in [4.69, 9.17) is 4.74 Å². The van der Waals surface area contributed by atoms with Gasteiger partial charge in [0, 0.05) is 28.9 Å². The van der Waals surface area contributed by atoms with Crippen molar-refractivity contribution in [3.05, 3.63) is 89.0 Å². The predicted octanol–water partition coefficient (Wildman–Crippen LogP) is 4.83. The van der Waals surface area contributed by atoms with Crippen molar-refractivity contribution in [2.24, 2.45) is 0 Å². The Morgan fingerprint density at radius 2 is 1.76 bits per heavy atom. The van der Waals surface area contributed by atoms with Gasteiger partial charge in [-0.15, -0.1) is 0 Å². The average Bonchev–Trinajstić information content (AvgIpc) is 2.75. The molecular formula is C20H13F2NO2. The van der Waals surface area contributed by atoms with E-state index in [-0.39, 0.29) is 18.1 Å². The van der Waals surface area contributed by atoms with Crippen LogP contribution in [0, 0.1) is 11.6 Å². The van der Waals surface area contributed by atoms with Crippen LogP contribution in [-0.2, 0) is 6.61 Å². The van der Waals surface area contributed by atoms with Gasteiger partial charge in [-0.2, -0.15) is 0 Å². The minimum absolute atomic E-state index is 0.109. The van der Waals surface area contributed by atoms with E-state index in [2.05, 4.69) is 5.32 Å². The summed E-state index contributed by atoms with van der Waals surface area (Å²) in [5, 5.41) is 2.87. The molecule has 0 saturated heterocycles. The van der Waals surface area contributed by atoms with Crippen LogP contribution in [0.4, 0.5) is 20.2 Å². The number of hydrogen-bond donors (Lipinski definition) is 1. The van der Waals surface area contributed by atoms with Gasteiger partial charge in [0.25, 0.3) is 0 Å². The highest BCUT2D eigenvalue weighted by Gasteiger charge is 2.22. The van der Waals surface area contributed by atoms with Gasteiger partial charge in [-0.1, -0.05) is 24.3 Å². The molecule has 25 heavy (non-hydrogen) atoms.